The van der Waals surface area contributed by atoms with Crippen molar-refractivity contribution in [2.24, 2.45) is 17.8 Å². The van der Waals surface area contributed by atoms with Crippen LogP contribution in [0, 0.1) is 17.8 Å². The van der Waals surface area contributed by atoms with Crippen molar-refractivity contribution in [1.82, 2.24) is 26.1 Å². The van der Waals surface area contributed by atoms with Crippen molar-refractivity contribution >= 4 is 30.0 Å². The molecule has 1 aliphatic rings. The molecule has 276 valence electrons. The molecule has 3 rings (SSSR count). The zero-order valence-electron chi connectivity index (χ0n) is 30.0. The molecule has 1 fully saturated rings. The number of alkyl carbamates (subject to hydrolysis) is 2. The van der Waals surface area contributed by atoms with Crippen molar-refractivity contribution in [1.29, 1.82) is 0 Å². The second kappa shape index (κ2) is 20.2. The van der Waals surface area contributed by atoms with Crippen molar-refractivity contribution in [2.45, 2.75) is 90.8 Å². The topological polar surface area (TPSA) is 169 Å². The van der Waals surface area contributed by atoms with Gasteiger partial charge in [0.15, 0.2) is 0 Å². The Morgan fingerprint density at radius 1 is 0.840 bits per heavy atom. The highest BCUT2D eigenvalue weighted by molar-refractivity contribution is 5.90. The second-order valence-corrected chi connectivity index (χ2v) is 13.3. The average Bonchev–Trinajstić information content (AvgIpc) is 3.66. The number of methoxy groups -OCH3 is 2. The quantitative estimate of drug-likeness (QED) is 0.206. The number of amides is 4. The van der Waals surface area contributed by atoms with Crippen molar-refractivity contribution in [3.05, 3.63) is 60.1 Å². The fourth-order valence-corrected chi connectivity index (χ4v) is 5.97. The van der Waals surface area contributed by atoms with Gasteiger partial charge in [0, 0.05) is 13.1 Å². The summed E-state index contributed by atoms with van der Waals surface area (Å²) in [5.74, 6) is -2.60. The van der Waals surface area contributed by atoms with Gasteiger partial charge in [-0.2, -0.15) is 5.06 Å². The molecule has 1 aromatic carbocycles. The molecule has 3 N–H and O–H groups in total. The molecule has 14 nitrogen and oxygen atoms in total. The molecule has 2 aromatic rings. The predicted molar refractivity (Wildman–Crippen MR) is 184 cm³/mol. The summed E-state index contributed by atoms with van der Waals surface area (Å²) >= 11 is 0. The highest BCUT2D eigenvalue weighted by Gasteiger charge is 2.38. The standard InChI is InChI=1S/C36H53N5O9/c1-24(2)30(37-35(45)47-5)32(42)39-40(22-27-16-11-8-12-17-27)23-28(20-19-26-14-9-7-10-15-26)41(50-34(44)29-18-13-21-49-29)33(43)31(25(3)4)38-36(46)48-6/h7,9-10,13-15,18,21,24-25,27-28,30-31H,8,11-12,16-17,19-20,22-23H2,1-6H3,(H,37,45)(H,38,46)(H,39,42)/t28-,30-,31-/m0/s1. The van der Waals surface area contributed by atoms with Gasteiger partial charge >= 0.3 is 18.2 Å². The zero-order chi connectivity index (χ0) is 36.6. The molecule has 4 amide bonds. The molecule has 0 aliphatic heterocycles. The Bertz CT molecular complexity index is 1360. The van der Waals surface area contributed by atoms with Crippen LogP contribution in [0.3, 0.4) is 0 Å². The monoisotopic (exact) mass is 699 g/mol. The molecule has 0 unspecified atom stereocenters. The van der Waals surface area contributed by atoms with E-state index in [1.54, 1.807) is 18.9 Å². The maximum atomic E-state index is 14.4. The van der Waals surface area contributed by atoms with Crippen LogP contribution in [-0.2, 0) is 30.3 Å². The highest BCUT2D eigenvalue weighted by atomic mass is 16.7. The number of hydrazine groups is 1. The number of hydrogen-bond donors (Lipinski definition) is 3. The van der Waals surface area contributed by atoms with Crippen LogP contribution in [0.1, 0.15) is 82.3 Å². The van der Waals surface area contributed by atoms with Crippen LogP contribution in [0.25, 0.3) is 0 Å². The molecular formula is C36H53N5O9. The molecule has 1 aromatic heterocycles. The molecule has 1 saturated carbocycles. The maximum absolute atomic E-state index is 14.4. The summed E-state index contributed by atoms with van der Waals surface area (Å²) in [7, 11) is 2.42. The summed E-state index contributed by atoms with van der Waals surface area (Å²) < 4.78 is 14.8. The fraction of sp³-hybridized carbons (Fsp3) is 0.583. The Morgan fingerprint density at radius 3 is 2.02 bits per heavy atom. The number of carbonyl (C=O) groups excluding carboxylic acids is 5. The first-order valence-electron chi connectivity index (χ1n) is 17.3. The summed E-state index contributed by atoms with van der Waals surface area (Å²) in [5, 5.41) is 7.95. The first-order chi connectivity index (χ1) is 23.9. The van der Waals surface area contributed by atoms with Crippen LogP contribution >= 0.6 is 0 Å². The molecule has 1 aliphatic carbocycles. The van der Waals surface area contributed by atoms with Crippen LogP contribution in [0.4, 0.5) is 9.59 Å². The van der Waals surface area contributed by atoms with Crippen LogP contribution in [0.2, 0.25) is 0 Å². The van der Waals surface area contributed by atoms with Gasteiger partial charge in [0.05, 0.1) is 26.5 Å². The van der Waals surface area contributed by atoms with Gasteiger partial charge in [-0.3, -0.25) is 15.0 Å². The van der Waals surface area contributed by atoms with Gasteiger partial charge in [-0.25, -0.2) is 19.4 Å². The smallest absolute Gasteiger partial charge is 0.407 e. The van der Waals surface area contributed by atoms with Gasteiger partial charge in [0.2, 0.25) is 5.76 Å². The fourth-order valence-electron chi connectivity index (χ4n) is 5.97. The van der Waals surface area contributed by atoms with Crippen molar-refractivity contribution in [2.75, 3.05) is 27.3 Å². The number of ether oxygens (including phenoxy) is 2. The summed E-state index contributed by atoms with van der Waals surface area (Å²) in [6.07, 6.45) is 5.75. The largest absolute Gasteiger partial charge is 0.457 e. The lowest BCUT2D eigenvalue weighted by atomic mass is 9.89. The van der Waals surface area contributed by atoms with E-state index < -0.39 is 54.0 Å². The first-order valence-corrected chi connectivity index (χ1v) is 17.3. The number of nitrogens with one attached hydrogen (secondary N) is 3. The third-order valence-corrected chi connectivity index (χ3v) is 8.76. The number of hydrogen-bond acceptors (Lipinski definition) is 10. The average molecular weight is 700 g/mol. The number of carbonyl (C=O) groups is 5. The highest BCUT2D eigenvalue weighted by Crippen LogP contribution is 2.25. The number of nitrogens with zero attached hydrogens (tertiary/aromatic N) is 2. The number of benzene rings is 1. The van der Waals surface area contributed by atoms with Crippen LogP contribution in [-0.4, -0.2) is 85.5 Å². The Kier molecular flexibility index (Phi) is 16.1. The third kappa shape index (κ3) is 12.4. The Balaban J connectivity index is 2.06. The van der Waals surface area contributed by atoms with E-state index in [0.717, 1.165) is 42.7 Å². The Hall–Kier alpha value is -4.59. The summed E-state index contributed by atoms with van der Waals surface area (Å²) in [4.78, 5) is 71.9. The molecule has 1 heterocycles. The van der Waals surface area contributed by atoms with E-state index in [-0.39, 0.29) is 24.1 Å². The van der Waals surface area contributed by atoms with Crippen LogP contribution < -0.4 is 16.1 Å². The third-order valence-electron chi connectivity index (χ3n) is 8.76. The minimum atomic E-state index is -1.12. The van der Waals surface area contributed by atoms with Crippen molar-refractivity contribution < 1.29 is 42.7 Å². The Morgan fingerprint density at radius 2 is 1.46 bits per heavy atom. The number of aryl methyl sites for hydroxylation is 1. The van der Waals surface area contributed by atoms with E-state index in [9.17, 15) is 24.0 Å². The molecule has 0 saturated heterocycles. The summed E-state index contributed by atoms with van der Waals surface area (Å²) in [5.41, 5.74) is 4.00. The van der Waals surface area contributed by atoms with E-state index in [2.05, 4.69) is 16.1 Å². The van der Waals surface area contributed by atoms with E-state index >= 15 is 0 Å². The van der Waals surface area contributed by atoms with Crippen LogP contribution in [0.5, 0.6) is 0 Å². The molecule has 50 heavy (non-hydrogen) atoms. The molecule has 3 atom stereocenters. The van der Waals surface area contributed by atoms with E-state index in [1.165, 1.54) is 32.6 Å². The lowest BCUT2D eigenvalue weighted by Crippen LogP contribution is -2.60. The maximum Gasteiger partial charge on any atom is 0.407 e. The minimum absolute atomic E-state index is 0.0539. The number of furan rings is 1. The van der Waals surface area contributed by atoms with E-state index in [4.69, 9.17) is 18.7 Å². The minimum Gasteiger partial charge on any atom is -0.457 e. The molecule has 14 heteroatoms. The van der Waals surface area contributed by atoms with E-state index in [0.29, 0.717) is 19.4 Å². The van der Waals surface area contributed by atoms with Gasteiger partial charge in [-0.1, -0.05) is 77.3 Å². The zero-order valence-corrected chi connectivity index (χ0v) is 30.0. The van der Waals surface area contributed by atoms with Gasteiger partial charge in [0.1, 0.15) is 12.1 Å². The Labute approximate surface area is 294 Å². The lowest BCUT2D eigenvalue weighted by molar-refractivity contribution is -0.185. The molecule has 0 radical (unpaired) electrons. The van der Waals surface area contributed by atoms with Gasteiger partial charge in [-0.05, 0) is 61.1 Å². The molecular weight excluding hydrogens is 646 g/mol. The lowest BCUT2D eigenvalue weighted by Gasteiger charge is -2.38. The van der Waals surface area contributed by atoms with Gasteiger partial charge < -0.3 is 29.4 Å². The van der Waals surface area contributed by atoms with Crippen LogP contribution in [0.15, 0.2) is 53.1 Å². The normalized spacial score (nSPS) is 15.1. The molecule has 0 bridgehead atoms. The summed E-state index contributed by atoms with van der Waals surface area (Å²) in [6.45, 7) is 7.63. The van der Waals surface area contributed by atoms with E-state index in [1.807, 2.05) is 44.2 Å². The SMILES string of the molecule is COC(=O)N[C@H](C(=O)NN(CC1CCCCC1)C[C@H](CCc1ccccc1)N(OC(=O)c1ccco1)C(=O)[C@@H](NC(=O)OC)C(C)C)C(C)C. The second-order valence-electron chi connectivity index (χ2n) is 13.3. The van der Waals surface area contributed by atoms with Gasteiger partial charge in [0.25, 0.3) is 11.8 Å². The van der Waals surface area contributed by atoms with Crippen molar-refractivity contribution in [3.63, 3.8) is 0 Å². The summed E-state index contributed by atoms with van der Waals surface area (Å²) in [6, 6.07) is 9.74. The number of hydroxylamine groups is 2. The number of rotatable bonds is 16. The first kappa shape index (κ1) is 39.8. The van der Waals surface area contributed by atoms with Gasteiger partial charge in [-0.15, -0.1) is 0 Å². The molecule has 0 spiro atoms. The van der Waals surface area contributed by atoms with Crippen molar-refractivity contribution in [3.8, 4) is 0 Å². The predicted octanol–water partition coefficient (Wildman–Crippen LogP) is 4.86.